The van der Waals surface area contributed by atoms with E-state index in [9.17, 15) is 4.79 Å². The Bertz CT molecular complexity index is 163. The molecule has 0 aromatic rings. The van der Waals surface area contributed by atoms with Crippen molar-refractivity contribution in [1.82, 2.24) is 0 Å². The fraction of sp³-hybridized carbons (Fsp3) is 0.286. The van der Waals surface area contributed by atoms with Crippen molar-refractivity contribution in [1.29, 1.82) is 0 Å². The molecule has 0 heterocycles. The molecule has 0 aliphatic rings. The van der Waals surface area contributed by atoms with Gasteiger partial charge in [0.1, 0.15) is 0 Å². The molecule has 0 aliphatic heterocycles. The summed E-state index contributed by atoms with van der Waals surface area (Å²) in [6.07, 6.45) is 1.76. The second-order valence-corrected chi connectivity index (χ2v) is 2.95. The van der Waals surface area contributed by atoms with Crippen LogP contribution in [0.2, 0.25) is 0 Å². The fourth-order valence-electron chi connectivity index (χ4n) is 0.272. The van der Waals surface area contributed by atoms with E-state index in [0.717, 1.165) is 5.75 Å². The van der Waals surface area contributed by atoms with Crippen LogP contribution in [0.15, 0.2) is 23.1 Å². The van der Waals surface area contributed by atoms with Crippen molar-refractivity contribution in [2.24, 2.45) is 0 Å². The van der Waals surface area contributed by atoms with Gasteiger partial charge in [0, 0.05) is 12.7 Å². The van der Waals surface area contributed by atoms with Crippen molar-refractivity contribution in [2.45, 2.75) is 6.92 Å². The molecule has 0 saturated carbocycles. The highest BCUT2D eigenvalue weighted by Gasteiger charge is 1.95. The Balaban J connectivity index is 3.68. The number of hydrogen-bond donors (Lipinski definition) is 0. The first-order valence-electron chi connectivity index (χ1n) is 2.77. The summed E-state index contributed by atoms with van der Waals surface area (Å²) in [5.41, 5.74) is 0. The van der Waals surface area contributed by atoms with Crippen molar-refractivity contribution in [3.05, 3.63) is 23.1 Å². The Morgan fingerprint density at radius 3 is 2.80 bits per heavy atom. The van der Waals surface area contributed by atoms with Crippen LogP contribution in [-0.4, -0.2) is 11.5 Å². The lowest BCUT2D eigenvalue weighted by molar-refractivity contribution is -0.113. The topological polar surface area (TPSA) is 17.1 Å². The summed E-state index contributed by atoms with van der Waals surface area (Å²) in [7, 11) is 0. The van der Waals surface area contributed by atoms with Crippen LogP contribution < -0.4 is 0 Å². The first-order valence-corrected chi connectivity index (χ1v) is 4.20. The number of hydrogen-bond acceptors (Lipinski definition) is 2. The molecule has 0 rings (SSSR count). The number of Topliss-reactive ketones (excluding diaryl/α,β-unsaturated/α-hetero) is 1. The SMILES string of the molecule is C=CCS/C=C(\Cl)C(C)=O. The third-order valence-electron chi connectivity index (χ3n) is 0.737. The van der Waals surface area contributed by atoms with Crippen molar-refractivity contribution < 1.29 is 4.79 Å². The van der Waals surface area contributed by atoms with Gasteiger partial charge in [0.15, 0.2) is 5.78 Å². The zero-order valence-corrected chi connectivity index (χ0v) is 7.34. The molecule has 56 valence electrons. The van der Waals surface area contributed by atoms with Crippen LogP contribution in [-0.2, 0) is 4.79 Å². The second kappa shape index (κ2) is 5.57. The predicted molar refractivity (Wildman–Crippen MR) is 47.3 cm³/mol. The standard InChI is InChI=1S/C7H9ClOS/c1-3-4-10-5-7(8)6(2)9/h3,5H,1,4H2,2H3/b7-5-. The third-order valence-corrected chi connectivity index (χ3v) is 2.07. The molecule has 0 saturated heterocycles. The number of rotatable bonds is 4. The summed E-state index contributed by atoms with van der Waals surface area (Å²) in [5.74, 6) is 0.682. The molecular formula is C7H9ClOS. The van der Waals surface area contributed by atoms with Gasteiger partial charge in [-0.25, -0.2) is 0 Å². The summed E-state index contributed by atoms with van der Waals surface area (Å²) in [4.78, 5) is 10.5. The van der Waals surface area contributed by atoms with Gasteiger partial charge in [0.2, 0.25) is 0 Å². The lowest BCUT2D eigenvalue weighted by Gasteiger charge is -1.89. The fourth-order valence-corrected chi connectivity index (χ4v) is 1.01. The number of halogens is 1. The molecule has 0 unspecified atom stereocenters. The molecule has 0 N–H and O–H groups in total. The highest BCUT2D eigenvalue weighted by molar-refractivity contribution is 8.02. The van der Waals surface area contributed by atoms with Gasteiger partial charge in [-0.2, -0.15) is 0 Å². The smallest absolute Gasteiger partial charge is 0.171 e. The normalized spacial score (nSPS) is 11.2. The Kier molecular flexibility index (Phi) is 5.45. The van der Waals surface area contributed by atoms with Gasteiger partial charge in [0.25, 0.3) is 0 Å². The van der Waals surface area contributed by atoms with Crippen LogP contribution in [0.1, 0.15) is 6.92 Å². The third kappa shape index (κ3) is 4.65. The summed E-state index contributed by atoms with van der Waals surface area (Å²) >= 11 is 6.96. The molecule has 0 amide bonds. The quantitative estimate of drug-likeness (QED) is 0.372. The van der Waals surface area contributed by atoms with E-state index in [-0.39, 0.29) is 10.8 Å². The van der Waals surface area contributed by atoms with Gasteiger partial charge in [-0.1, -0.05) is 17.7 Å². The minimum absolute atomic E-state index is 0.0989. The number of carbonyl (C=O) groups excluding carboxylic acids is 1. The van der Waals surface area contributed by atoms with Crippen molar-refractivity contribution in [3.63, 3.8) is 0 Å². The van der Waals surface area contributed by atoms with E-state index in [1.807, 2.05) is 0 Å². The van der Waals surface area contributed by atoms with Crippen LogP contribution in [0.5, 0.6) is 0 Å². The number of ketones is 1. The number of allylic oxidation sites excluding steroid dienone is 1. The number of thioether (sulfide) groups is 1. The maximum atomic E-state index is 10.5. The maximum absolute atomic E-state index is 10.5. The summed E-state index contributed by atoms with van der Waals surface area (Å²) in [6, 6.07) is 0. The molecule has 0 aliphatic carbocycles. The zero-order chi connectivity index (χ0) is 7.98. The van der Waals surface area contributed by atoms with E-state index in [4.69, 9.17) is 11.6 Å². The molecule has 0 aromatic heterocycles. The van der Waals surface area contributed by atoms with Gasteiger partial charge in [-0.3, -0.25) is 4.79 Å². The molecule has 1 nitrogen and oxygen atoms in total. The largest absolute Gasteiger partial charge is 0.293 e. The average molecular weight is 177 g/mol. The van der Waals surface area contributed by atoms with Gasteiger partial charge in [-0.15, -0.1) is 18.3 Å². The van der Waals surface area contributed by atoms with E-state index < -0.39 is 0 Å². The number of carbonyl (C=O) groups is 1. The zero-order valence-electron chi connectivity index (χ0n) is 5.76. The lowest BCUT2D eigenvalue weighted by Crippen LogP contribution is -1.86. The first kappa shape index (κ1) is 9.79. The van der Waals surface area contributed by atoms with Gasteiger partial charge in [-0.05, 0) is 5.41 Å². The van der Waals surface area contributed by atoms with E-state index >= 15 is 0 Å². The van der Waals surface area contributed by atoms with Crippen molar-refractivity contribution >= 4 is 29.1 Å². The summed E-state index contributed by atoms with van der Waals surface area (Å²) < 4.78 is 0. The van der Waals surface area contributed by atoms with Crippen molar-refractivity contribution in [3.8, 4) is 0 Å². The molecule has 0 atom stereocenters. The molecule has 10 heavy (non-hydrogen) atoms. The van der Waals surface area contributed by atoms with Gasteiger partial charge >= 0.3 is 0 Å². The van der Waals surface area contributed by atoms with Crippen LogP contribution >= 0.6 is 23.4 Å². The van der Waals surface area contributed by atoms with E-state index in [1.165, 1.54) is 18.7 Å². The monoisotopic (exact) mass is 176 g/mol. The predicted octanol–water partition coefficient (Wildman–Crippen LogP) is 2.57. The minimum atomic E-state index is -0.0989. The molecule has 0 radical (unpaired) electrons. The Morgan fingerprint density at radius 2 is 2.40 bits per heavy atom. The maximum Gasteiger partial charge on any atom is 0.171 e. The summed E-state index contributed by atoms with van der Waals surface area (Å²) in [5, 5.41) is 1.91. The van der Waals surface area contributed by atoms with E-state index in [2.05, 4.69) is 6.58 Å². The first-order chi connectivity index (χ1) is 4.68. The van der Waals surface area contributed by atoms with Gasteiger partial charge < -0.3 is 0 Å². The Hall–Kier alpha value is -0.210. The van der Waals surface area contributed by atoms with Crippen LogP contribution in [0.25, 0.3) is 0 Å². The van der Waals surface area contributed by atoms with Crippen molar-refractivity contribution in [2.75, 3.05) is 5.75 Å². The summed E-state index contributed by atoms with van der Waals surface area (Å²) in [6.45, 7) is 4.96. The second-order valence-electron chi connectivity index (χ2n) is 1.64. The Labute approximate surface area is 70.1 Å². The van der Waals surface area contributed by atoms with Gasteiger partial charge in [0.05, 0.1) is 5.03 Å². The molecule has 0 spiro atoms. The lowest BCUT2D eigenvalue weighted by atomic mass is 10.4. The van der Waals surface area contributed by atoms with Crippen LogP contribution in [0, 0.1) is 0 Å². The minimum Gasteiger partial charge on any atom is -0.293 e. The average Bonchev–Trinajstić information content (AvgIpc) is 1.88. The van der Waals surface area contributed by atoms with E-state index in [1.54, 1.807) is 11.5 Å². The van der Waals surface area contributed by atoms with E-state index in [0.29, 0.717) is 0 Å². The molecule has 0 bridgehead atoms. The molecule has 3 heteroatoms. The molecule has 0 aromatic carbocycles. The highest BCUT2D eigenvalue weighted by Crippen LogP contribution is 2.11. The van der Waals surface area contributed by atoms with Crippen LogP contribution in [0.3, 0.4) is 0 Å². The highest BCUT2D eigenvalue weighted by atomic mass is 35.5. The Morgan fingerprint density at radius 1 is 1.80 bits per heavy atom. The molecular weight excluding hydrogens is 168 g/mol. The van der Waals surface area contributed by atoms with Crippen LogP contribution in [0.4, 0.5) is 0 Å². The molecule has 0 fully saturated rings.